The van der Waals surface area contributed by atoms with Crippen LogP contribution in [0.5, 0.6) is 11.5 Å². The lowest BCUT2D eigenvalue weighted by Gasteiger charge is -2.37. The van der Waals surface area contributed by atoms with Crippen LogP contribution in [0.3, 0.4) is 0 Å². The van der Waals surface area contributed by atoms with E-state index in [2.05, 4.69) is 20.3 Å². The fourth-order valence-electron chi connectivity index (χ4n) is 8.39. The van der Waals surface area contributed by atoms with Crippen LogP contribution in [0.25, 0.3) is 10.9 Å². The molecule has 7 rings (SSSR count). The Hall–Kier alpha value is -4.58. The second-order valence-corrected chi connectivity index (χ2v) is 17.4. The molecule has 1 aromatic carbocycles. The zero-order valence-corrected chi connectivity index (χ0v) is 31.4. The van der Waals surface area contributed by atoms with Crippen LogP contribution in [0.1, 0.15) is 81.9 Å². The highest BCUT2D eigenvalue weighted by molar-refractivity contribution is 7.91. The van der Waals surface area contributed by atoms with Crippen molar-refractivity contribution < 1.29 is 55.7 Å². The van der Waals surface area contributed by atoms with E-state index in [1.807, 2.05) is 6.08 Å². The summed E-state index contributed by atoms with van der Waals surface area (Å²) in [4.78, 5) is 60.1. The first-order chi connectivity index (χ1) is 26.2. The fourth-order valence-corrected chi connectivity index (χ4v) is 9.95. The largest absolute Gasteiger partial charge is 0.497 e. The number of carbonyl (C=O) groups excluding carboxylic acids is 3. The van der Waals surface area contributed by atoms with Gasteiger partial charge in [-0.1, -0.05) is 25.0 Å². The van der Waals surface area contributed by atoms with Gasteiger partial charge in [-0.15, -0.1) is 0 Å². The van der Waals surface area contributed by atoms with Crippen molar-refractivity contribution in [1.29, 1.82) is 0 Å². The zero-order chi connectivity index (χ0) is 39.3. The predicted molar refractivity (Wildman–Crippen MR) is 192 cm³/mol. The monoisotopic (exact) mass is 789 g/mol. The van der Waals surface area contributed by atoms with Crippen molar-refractivity contribution in [2.45, 2.75) is 105 Å². The summed E-state index contributed by atoms with van der Waals surface area (Å²) in [6.45, 7) is -0.364. The molecule has 4 amide bonds. The van der Waals surface area contributed by atoms with Crippen molar-refractivity contribution in [3.8, 4) is 11.5 Å². The number of amides is 4. The van der Waals surface area contributed by atoms with Crippen LogP contribution in [0, 0.1) is 5.92 Å². The van der Waals surface area contributed by atoms with Gasteiger partial charge in [0.15, 0.2) is 5.75 Å². The Morgan fingerprint density at radius 3 is 2.62 bits per heavy atom. The van der Waals surface area contributed by atoms with Gasteiger partial charge >= 0.3 is 6.09 Å². The smallest absolute Gasteiger partial charge is 0.405 e. The molecule has 18 heteroatoms. The summed E-state index contributed by atoms with van der Waals surface area (Å²) in [7, 11) is -1.36. The Morgan fingerprint density at radius 1 is 1.15 bits per heavy atom. The average Bonchev–Trinajstić information content (AvgIpc) is 4.05. The minimum Gasteiger partial charge on any atom is -0.497 e. The van der Waals surface area contributed by atoms with Gasteiger partial charge in [-0.2, -0.15) is 0 Å². The molecule has 15 nitrogen and oxygen atoms in total. The van der Waals surface area contributed by atoms with Crippen molar-refractivity contribution in [2.24, 2.45) is 5.92 Å². The van der Waals surface area contributed by atoms with Crippen LogP contribution in [0.4, 0.5) is 13.6 Å². The standard InChI is InChI=1S/C37H45F2N5O10S/c1-52-20-36(14-15-36)55(50,51)43-33(47)37-17-21(37)8-6-4-3-5-7-9-26(41-34(48)49)32(46)44-19-35(18-27(44)31(45)42-37)13-12-23-24-16-22(53-2)10-11-25(24)40-28(30(38)39)29(23)54-35/h6,8,10-11,16,21,26-27,30,41H,3-5,7,9,12-15,17-20H2,1-2H3,(H,42,45)(H,43,47)(H,48,49)/t21-,26+,27+,35-,37-/m1/s1. The molecule has 3 fully saturated rings. The van der Waals surface area contributed by atoms with Gasteiger partial charge < -0.3 is 34.9 Å². The Labute approximate surface area is 316 Å². The molecule has 0 unspecified atom stereocenters. The molecule has 2 aromatic rings. The Morgan fingerprint density at radius 2 is 1.93 bits per heavy atom. The first-order valence-corrected chi connectivity index (χ1v) is 20.0. The fraction of sp³-hybridized carbons (Fsp3) is 0.595. The number of benzene rings is 1. The van der Waals surface area contributed by atoms with E-state index in [4.69, 9.17) is 14.2 Å². The number of alkyl halides is 2. The maximum absolute atomic E-state index is 14.6. The lowest BCUT2D eigenvalue weighted by Crippen LogP contribution is -2.59. The molecule has 2 aliphatic carbocycles. The molecule has 55 heavy (non-hydrogen) atoms. The third-order valence-electron chi connectivity index (χ3n) is 11.7. The third-order valence-corrected chi connectivity index (χ3v) is 13.8. The van der Waals surface area contributed by atoms with Crippen LogP contribution in [0.15, 0.2) is 30.4 Å². The van der Waals surface area contributed by atoms with Gasteiger partial charge in [0, 0.05) is 30.4 Å². The molecule has 2 saturated carbocycles. The van der Waals surface area contributed by atoms with E-state index in [1.165, 1.54) is 19.1 Å². The van der Waals surface area contributed by atoms with E-state index < -0.39 is 79.8 Å². The lowest BCUT2D eigenvalue weighted by molar-refractivity contribution is -0.141. The second-order valence-electron chi connectivity index (χ2n) is 15.3. The van der Waals surface area contributed by atoms with Crippen molar-refractivity contribution in [3.05, 3.63) is 41.6 Å². The number of carboxylic acid groups (broad SMARTS) is 1. The van der Waals surface area contributed by atoms with Crippen LogP contribution in [-0.2, 0) is 35.6 Å². The SMILES string of the molecule is COCC1(S(=O)(=O)NC(=O)[C@@]23C[C@H]2C=CCCCCC[C@H](NC(=O)O)C(=O)N2C[C@@]4(CCc5c(c(C(F)F)nc6ccc(OC)cc56)O4)C[C@H]2C(=O)N3)CC1. The maximum Gasteiger partial charge on any atom is 0.405 e. The number of fused-ring (bicyclic) bond motifs is 5. The number of pyridine rings is 1. The number of ether oxygens (including phenoxy) is 3. The summed E-state index contributed by atoms with van der Waals surface area (Å²) in [5, 5.41) is 15.3. The summed E-state index contributed by atoms with van der Waals surface area (Å²) in [5.74, 6) is -2.65. The topological polar surface area (TPSA) is 203 Å². The number of methoxy groups -OCH3 is 2. The number of aromatic nitrogens is 1. The number of halogens is 2. The summed E-state index contributed by atoms with van der Waals surface area (Å²) in [6, 6.07) is 2.30. The predicted octanol–water partition coefficient (Wildman–Crippen LogP) is 3.50. The van der Waals surface area contributed by atoms with E-state index in [0.717, 1.165) is 0 Å². The third kappa shape index (κ3) is 7.18. The lowest BCUT2D eigenvalue weighted by atomic mass is 9.87. The molecule has 5 aliphatic rings. The van der Waals surface area contributed by atoms with E-state index in [1.54, 1.807) is 24.3 Å². The van der Waals surface area contributed by atoms with Gasteiger partial charge in [0.05, 0.1) is 25.8 Å². The van der Waals surface area contributed by atoms with E-state index in [-0.39, 0.29) is 51.0 Å². The molecule has 1 aromatic heterocycles. The number of aryl methyl sites for hydroxylation is 1. The zero-order valence-electron chi connectivity index (χ0n) is 30.6. The number of hydrogen-bond donors (Lipinski definition) is 4. The molecule has 4 heterocycles. The number of hydrogen-bond acceptors (Lipinski definition) is 10. The highest BCUT2D eigenvalue weighted by Gasteiger charge is 2.64. The van der Waals surface area contributed by atoms with Crippen molar-refractivity contribution >= 4 is 44.7 Å². The molecular weight excluding hydrogens is 744 g/mol. The summed E-state index contributed by atoms with van der Waals surface area (Å²) in [5.41, 5.74) is -2.84. The number of sulfonamides is 1. The van der Waals surface area contributed by atoms with Gasteiger partial charge in [-0.3, -0.25) is 19.1 Å². The van der Waals surface area contributed by atoms with Gasteiger partial charge in [0.1, 0.15) is 39.4 Å². The summed E-state index contributed by atoms with van der Waals surface area (Å²) in [6.07, 6.45) is 2.68. The van der Waals surface area contributed by atoms with Gasteiger partial charge in [-0.25, -0.2) is 27.0 Å². The van der Waals surface area contributed by atoms with E-state index in [9.17, 15) is 41.5 Å². The molecule has 4 N–H and O–H groups in total. The second kappa shape index (κ2) is 14.5. The first kappa shape index (κ1) is 38.7. The molecular formula is C37H45F2N5O10S. The van der Waals surface area contributed by atoms with Gasteiger partial charge in [0.25, 0.3) is 12.3 Å². The first-order valence-electron chi connectivity index (χ1n) is 18.5. The molecule has 1 spiro atoms. The average molecular weight is 790 g/mol. The normalized spacial score (nSPS) is 28.9. The highest BCUT2D eigenvalue weighted by atomic mass is 32.2. The molecule has 3 aliphatic heterocycles. The molecule has 5 atom stereocenters. The number of allylic oxidation sites excluding steroid dienone is 1. The summed E-state index contributed by atoms with van der Waals surface area (Å²) >= 11 is 0. The Kier molecular flexibility index (Phi) is 10.2. The Balaban J connectivity index is 1.25. The van der Waals surface area contributed by atoms with Crippen LogP contribution >= 0.6 is 0 Å². The Bertz CT molecular complexity index is 2040. The van der Waals surface area contributed by atoms with E-state index in [0.29, 0.717) is 60.7 Å². The van der Waals surface area contributed by atoms with Crippen molar-refractivity contribution in [3.63, 3.8) is 0 Å². The quantitative estimate of drug-likeness (QED) is 0.285. The van der Waals surface area contributed by atoms with Crippen LogP contribution < -0.4 is 24.8 Å². The van der Waals surface area contributed by atoms with Crippen molar-refractivity contribution in [2.75, 3.05) is 27.4 Å². The minimum atomic E-state index is -4.20. The molecule has 298 valence electrons. The van der Waals surface area contributed by atoms with Crippen molar-refractivity contribution in [1.82, 2.24) is 25.2 Å². The minimum absolute atomic E-state index is 0.0900. The highest BCUT2D eigenvalue weighted by Crippen LogP contribution is 2.50. The number of nitrogens with one attached hydrogen (secondary N) is 3. The van der Waals surface area contributed by atoms with E-state index >= 15 is 0 Å². The van der Waals surface area contributed by atoms with Crippen LogP contribution in [-0.4, -0.2) is 103 Å². The number of rotatable bonds is 8. The van der Waals surface area contributed by atoms with Gasteiger partial charge in [0.2, 0.25) is 21.8 Å². The van der Waals surface area contributed by atoms with Gasteiger partial charge in [-0.05, 0) is 69.6 Å². The molecule has 0 radical (unpaired) electrons. The molecule has 0 bridgehead atoms. The maximum atomic E-state index is 14.6. The molecule has 1 saturated heterocycles. The number of nitrogens with zero attached hydrogens (tertiary/aromatic N) is 2. The summed E-state index contributed by atoms with van der Waals surface area (Å²) < 4.78 is 74.0. The van der Waals surface area contributed by atoms with Crippen LogP contribution in [0.2, 0.25) is 0 Å². The number of carbonyl (C=O) groups is 4.